The van der Waals surface area contributed by atoms with Crippen LogP contribution in [0.15, 0.2) is 0 Å². The van der Waals surface area contributed by atoms with E-state index in [0.29, 0.717) is 59.5 Å². The van der Waals surface area contributed by atoms with Crippen molar-refractivity contribution in [1.29, 1.82) is 0 Å². The van der Waals surface area contributed by atoms with Crippen molar-refractivity contribution < 1.29 is 33.6 Å². The van der Waals surface area contributed by atoms with Gasteiger partial charge in [0.2, 0.25) is 0 Å². The molecule has 0 aromatic heterocycles. The summed E-state index contributed by atoms with van der Waals surface area (Å²) in [5, 5.41) is 8.42. The SMILES string of the molecule is CC(C)(C)C(N)COCCOCCOCCOCCOCCC(=O)O. The van der Waals surface area contributed by atoms with Crippen molar-refractivity contribution in [2.24, 2.45) is 11.1 Å². The summed E-state index contributed by atoms with van der Waals surface area (Å²) in [7, 11) is 0. The molecule has 0 aliphatic carbocycles. The van der Waals surface area contributed by atoms with Crippen LogP contribution in [-0.4, -0.2) is 83.2 Å². The predicted molar refractivity (Wildman–Crippen MR) is 93.8 cm³/mol. The highest BCUT2D eigenvalue weighted by Gasteiger charge is 2.20. The molecule has 1 atom stereocenters. The standard InChI is InChI=1S/C17H35NO7/c1-17(2,3)15(18)14-25-13-12-24-11-10-23-9-8-22-7-6-21-5-4-16(19)20/h15H,4-14,18H2,1-3H3,(H,19,20). The molecule has 25 heavy (non-hydrogen) atoms. The molecule has 8 heteroatoms. The third kappa shape index (κ3) is 17.8. The largest absolute Gasteiger partial charge is 0.481 e. The first-order valence-electron chi connectivity index (χ1n) is 8.70. The monoisotopic (exact) mass is 365 g/mol. The van der Waals surface area contributed by atoms with Gasteiger partial charge in [-0.05, 0) is 5.41 Å². The highest BCUT2D eigenvalue weighted by molar-refractivity contribution is 5.66. The normalized spacial score (nSPS) is 13.1. The molecule has 0 saturated carbocycles. The second-order valence-electron chi connectivity index (χ2n) is 6.64. The van der Waals surface area contributed by atoms with Gasteiger partial charge in [0, 0.05) is 6.04 Å². The molecule has 0 aromatic carbocycles. The van der Waals surface area contributed by atoms with Gasteiger partial charge >= 0.3 is 5.97 Å². The summed E-state index contributed by atoms with van der Waals surface area (Å²) in [6.45, 7) is 10.8. The van der Waals surface area contributed by atoms with Gasteiger partial charge in [0.05, 0.1) is 72.5 Å². The quantitative estimate of drug-likeness (QED) is 0.366. The van der Waals surface area contributed by atoms with Crippen molar-refractivity contribution >= 4 is 5.97 Å². The van der Waals surface area contributed by atoms with Crippen molar-refractivity contribution in [3.8, 4) is 0 Å². The molecule has 3 N–H and O–H groups in total. The number of hydrogen-bond donors (Lipinski definition) is 2. The Balaban J connectivity index is 3.13. The fraction of sp³-hybridized carbons (Fsp3) is 0.941. The van der Waals surface area contributed by atoms with Crippen molar-refractivity contribution in [2.75, 3.05) is 66.1 Å². The van der Waals surface area contributed by atoms with E-state index in [-0.39, 0.29) is 24.5 Å². The van der Waals surface area contributed by atoms with Crippen LogP contribution in [0.3, 0.4) is 0 Å². The number of nitrogens with two attached hydrogens (primary N) is 1. The van der Waals surface area contributed by atoms with Gasteiger partial charge in [0.15, 0.2) is 0 Å². The summed E-state index contributed by atoms with van der Waals surface area (Å²) in [5.41, 5.74) is 6.03. The lowest BCUT2D eigenvalue weighted by molar-refractivity contribution is -0.138. The van der Waals surface area contributed by atoms with Crippen molar-refractivity contribution in [3.05, 3.63) is 0 Å². The molecule has 0 amide bonds. The number of carboxylic acid groups (broad SMARTS) is 1. The summed E-state index contributed by atoms with van der Waals surface area (Å²) in [5.74, 6) is -0.864. The van der Waals surface area contributed by atoms with E-state index in [1.54, 1.807) is 0 Å². The molecule has 1 unspecified atom stereocenters. The zero-order chi connectivity index (χ0) is 19.0. The summed E-state index contributed by atoms with van der Waals surface area (Å²) >= 11 is 0. The molecule has 0 rings (SSSR count). The van der Waals surface area contributed by atoms with Crippen LogP contribution in [0.4, 0.5) is 0 Å². The molecule has 0 spiro atoms. The van der Waals surface area contributed by atoms with Gasteiger partial charge in [-0.25, -0.2) is 0 Å². The van der Waals surface area contributed by atoms with Crippen LogP contribution >= 0.6 is 0 Å². The van der Waals surface area contributed by atoms with Crippen LogP contribution < -0.4 is 5.73 Å². The second kappa shape index (κ2) is 15.5. The van der Waals surface area contributed by atoms with Crippen molar-refractivity contribution in [2.45, 2.75) is 33.2 Å². The number of hydrogen-bond acceptors (Lipinski definition) is 7. The maximum atomic E-state index is 10.2. The summed E-state index contributed by atoms with van der Waals surface area (Å²) in [4.78, 5) is 10.2. The molecule has 8 nitrogen and oxygen atoms in total. The Labute approximate surface area is 150 Å². The molecular weight excluding hydrogens is 330 g/mol. The topological polar surface area (TPSA) is 109 Å². The third-order valence-electron chi connectivity index (χ3n) is 3.36. The van der Waals surface area contributed by atoms with Gasteiger partial charge in [-0.3, -0.25) is 4.79 Å². The van der Waals surface area contributed by atoms with Crippen molar-refractivity contribution in [1.82, 2.24) is 0 Å². The predicted octanol–water partition coefficient (Wildman–Crippen LogP) is 0.918. The first-order valence-corrected chi connectivity index (χ1v) is 8.70. The fourth-order valence-electron chi connectivity index (χ4n) is 1.50. The smallest absolute Gasteiger partial charge is 0.305 e. The average molecular weight is 365 g/mol. The van der Waals surface area contributed by atoms with Crippen LogP contribution in [0, 0.1) is 5.41 Å². The second-order valence-corrected chi connectivity index (χ2v) is 6.64. The van der Waals surface area contributed by atoms with Crippen LogP contribution in [-0.2, 0) is 28.5 Å². The van der Waals surface area contributed by atoms with E-state index >= 15 is 0 Å². The minimum atomic E-state index is -0.864. The molecule has 0 aliphatic heterocycles. The highest BCUT2D eigenvalue weighted by atomic mass is 16.6. The van der Waals surface area contributed by atoms with E-state index in [9.17, 15) is 4.79 Å². The minimum Gasteiger partial charge on any atom is -0.481 e. The Hall–Kier alpha value is -0.770. The summed E-state index contributed by atoms with van der Waals surface area (Å²) in [6, 6.07) is 0.0124. The van der Waals surface area contributed by atoms with Crippen LogP contribution in [0.2, 0.25) is 0 Å². The Morgan fingerprint density at radius 1 is 0.800 bits per heavy atom. The number of ether oxygens (including phenoxy) is 5. The van der Waals surface area contributed by atoms with E-state index in [1.807, 2.05) is 0 Å². The number of carbonyl (C=O) groups is 1. The highest BCUT2D eigenvalue weighted by Crippen LogP contribution is 2.17. The lowest BCUT2D eigenvalue weighted by Gasteiger charge is -2.26. The molecule has 0 aliphatic rings. The molecule has 0 fully saturated rings. The van der Waals surface area contributed by atoms with Crippen LogP contribution in [0.25, 0.3) is 0 Å². The van der Waals surface area contributed by atoms with Crippen LogP contribution in [0.1, 0.15) is 27.2 Å². The Kier molecular flexibility index (Phi) is 15.0. The minimum absolute atomic E-state index is 0.0115. The van der Waals surface area contributed by atoms with Crippen molar-refractivity contribution in [3.63, 3.8) is 0 Å². The van der Waals surface area contributed by atoms with E-state index in [0.717, 1.165) is 0 Å². The van der Waals surface area contributed by atoms with Gasteiger partial charge in [-0.15, -0.1) is 0 Å². The molecule has 0 bridgehead atoms. The Bertz CT molecular complexity index is 321. The fourth-order valence-corrected chi connectivity index (χ4v) is 1.50. The number of aliphatic carboxylic acids is 1. The van der Waals surface area contributed by atoms with E-state index in [4.69, 9.17) is 34.5 Å². The first-order chi connectivity index (χ1) is 11.8. The lowest BCUT2D eigenvalue weighted by atomic mass is 9.88. The maximum absolute atomic E-state index is 10.2. The molecular formula is C17H35NO7. The summed E-state index contributed by atoms with van der Waals surface area (Å²) < 4.78 is 26.6. The van der Waals surface area contributed by atoms with Crippen LogP contribution in [0.5, 0.6) is 0 Å². The third-order valence-corrected chi connectivity index (χ3v) is 3.36. The molecule has 0 heterocycles. The van der Waals surface area contributed by atoms with Gasteiger partial charge in [0.25, 0.3) is 0 Å². The van der Waals surface area contributed by atoms with Gasteiger partial charge in [-0.1, -0.05) is 20.8 Å². The number of carboxylic acids is 1. The molecule has 0 saturated heterocycles. The van der Waals surface area contributed by atoms with E-state index in [1.165, 1.54) is 0 Å². The molecule has 0 radical (unpaired) electrons. The molecule has 0 aromatic rings. The maximum Gasteiger partial charge on any atom is 0.305 e. The Morgan fingerprint density at radius 3 is 1.52 bits per heavy atom. The average Bonchev–Trinajstić information content (AvgIpc) is 2.53. The number of rotatable bonds is 17. The molecule has 150 valence electrons. The summed E-state index contributed by atoms with van der Waals surface area (Å²) in [6.07, 6.45) is 0.0115. The first kappa shape index (κ1) is 24.2. The zero-order valence-electron chi connectivity index (χ0n) is 15.8. The van der Waals surface area contributed by atoms with Gasteiger partial charge in [0.1, 0.15) is 0 Å². The van der Waals surface area contributed by atoms with E-state index in [2.05, 4.69) is 20.8 Å². The zero-order valence-corrected chi connectivity index (χ0v) is 15.8. The Morgan fingerprint density at radius 2 is 1.16 bits per heavy atom. The van der Waals surface area contributed by atoms with Gasteiger partial charge < -0.3 is 34.5 Å². The lowest BCUT2D eigenvalue weighted by Crippen LogP contribution is -2.39. The van der Waals surface area contributed by atoms with Gasteiger partial charge in [-0.2, -0.15) is 0 Å². The van der Waals surface area contributed by atoms with E-state index < -0.39 is 5.97 Å².